The molecule has 0 heterocycles. The maximum atomic E-state index is 12.2. The van der Waals surface area contributed by atoms with E-state index in [0.717, 1.165) is 6.07 Å². The first kappa shape index (κ1) is 21.0. The topological polar surface area (TPSA) is 125 Å². The Balaban J connectivity index is 2.09. The minimum atomic E-state index is -4.03. The molecule has 2 aromatic carbocycles. The second kappa shape index (κ2) is 8.57. The third-order valence-corrected chi connectivity index (χ3v) is 4.55. The van der Waals surface area contributed by atoms with Crippen LogP contribution in [0.2, 0.25) is 10.0 Å². The van der Waals surface area contributed by atoms with Gasteiger partial charge in [-0.25, -0.2) is 18.4 Å². The van der Waals surface area contributed by atoms with Gasteiger partial charge in [-0.3, -0.25) is 4.79 Å². The summed E-state index contributed by atoms with van der Waals surface area (Å²) in [5.74, 6) is -1.55. The molecule has 0 saturated heterocycles. The number of nitrogens with two attached hydrogens (primary N) is 1. The van der Waals surface area contributed by atoms with Gasteiger partial charge in [-0.15, -0.1) is 0 Å². The number of anilines is 1. The van der Waals surface area contributed by atoms with E-state index in [1.165, 1.54) is 37.4 Å². The van der Waals surface area contributed by atoms with Crippen molar-refractivity contribution in [1.29, 1.82) is 0 Å². The van der Waals surface area contributed by atoms with E-state index >= 15 is 0 Å². The fourth-order valence-electron chi connectivity index (χ4n) is 2.06. The fraction of sp³-hybridized carbons (Fsp3) is 0.125. The number of hydrogen-bond acceptors (Lipinski definition) is 6. The Labute approximate surface area is 165 Å². The SMILES string of the molecule is COc1ccc(S(N)(=O)=O)cc1C(=O)OCC(=O)Nc1cc(Cl)cc(Cl)c1. The highest BCUT2D eigenvalue weighted by Gasteiger charge is 2.19. The van der Waals surface area contributed by atoms with Crippen molar-refractivity contribution in [3.05, 3.63) is 52.0 Å². The van der Waals surface area contributed by atoms with E-state index in [2.05, 4.69) is 5.32 Å². The van der Waals surface area contributed by atoms with Crippen molar-refractivity contribution in [3.63, 3.8) is 0 Å². The zero-order chi connectivity index (χ0) is 20.2. The maximum absolute atomic E-state index is 12.2. The molecule has 2 aromatic rings. The summed E-state index contributed by atoms with van der Waals surface area (Å²) in [6, 6.07) is 7.86. The van der Waals surface area contributed by atoms with Crippen LogP contribution in [0.1, 0.15) is 10.4 Å². The molecule has 0 bridgehead atoms. The number of primary sulfonamides is 1. The van der Waals surface area contributed by atoms with Crippen LogP contribution in [-0.4, -0.2) is 34.0 Å². The summed E-state index contributed by atoms with van der Waals surface area (Å²) in [6.45, 7) is -0.633. The Morgan fingerprint density at radius 3 is 2.30 bits per heavy atom. The first-order valence-electron chi connectivity index (χ1n) is 7.24. The first-order chi connectivity index (χ1) is 12.6. The molecule has 0 aliphatic rings. The van der Waals surface area contributed by atoms with E-state index in [1.54, 1.807) is 0 Å². The van der Waals surface area contributed by atoms with Crippen LogP contribution in [0.15, 0.2) is 41.3 Å². The quantitative estimate of drug-likeness (QED) is 0.675. The van der Waals surface area contributed by atoms with Gasteiger partial charge in [0.25, 0.3) is 5.91 Å². The largest absolute Gasteiger partial charge is 0.496 e. The predicted octanol–water partition coefficient (Wildman–Crippen LogP) is 2.44. The van der Waals surface area contributed by atoms with Crippen molar-refractivity contribution in [2.45, 2.75) is 4.90 Å². The lowest BCUT2D eigenvalue weighted by Crippen LogP contribution is -2.21. The zero-order valence-corrected chi connectivity index (χ0v) is 16.2. The van der Waals surface area contributed by atoms with Crippen molar-refractivity contribution in [2.75, 3.05) is 19.0 Å². The summed E-state index contributed by atoms with van der Waals surface area (Å²) in [5.41, 5.74) is 0.130. The van der Waals surface area contributed by atoms with Gasteiger partial charge < -0.3 is 14.8 Å². The van der Waals surface area contributed by atoms with Crippen LogP contribution < -0.4 is 15.2 Å². The summed E-state index contributed by atoms with van der Waals surface area (Å²) in [5, 5.41) is 8.14. The number of amides is 1. The van der Waals surface area contributed by atoms with E-state index in [4.69, 9.17) is 37.8 Å². The molecule has 2 rings (SSSR count). The molecule has 0 radical (unpaired) electrons. The molecule has 1 amide bonds. The number of halogens is 2. The monoisotopic (exact) mass is 432 g/mol. The molecule has 0 spiro atoms. The van der Waals surface area contributed by atoms with Crippen LogP contribution in [-0.2, 0) is 19.6 Å². The van der Waals surface area contributed by atoms with E-state index in [9.17, 15) is 18.0 Å². The maximum Gasteiger partial charge on any atom is 0.342 e. The third-order valence-electron chi connectivity index (χ3n) is 3.20. The van der Waals surface area contributed by atoms with E-state index in [1.807, 2.05) is 0 Å². The highest BCUT2D eigenvalue weighted by molar-refractivity contribution is 7.89. The van der Waals surface area contributed by atoms with Crippen molar-refractivity contribution < 1.29 is 27.5 Å². The van der Waals surface area contributed by atoms with Gasteiger partial charge in [0.05, 0.1) is 12.0 Å². The Morgan fingerprint density at radius 2 is 1.74 bits per heavy atom. The number of carbonyl (C=O) groups excluding carboxylic acids is 2. The number of hydrogen-bond donors (Lipinski definition) is 2. The van der Waals surface area contributed by atoms with Crippen LogP contribution in [0.3, 0.4) is 0 Å². The number of esters is 1. The van der Waals surface area contributed by atoms with Crippen LogP contribution in [0, 0.1) is 0 Å². The highest BCUT2D eigenvalue weighted by atomic mass is 35.5. The average Bonchev–Trinajstić information content (AvgIpc) is 2.57. The van der Waals surface area contributed by atoms with Crippen LogP contribution >= 0.6 is 23.2 Å². The molecule has 3 N–H and O–H groups in total. The number of methoxy groups -OCH3 is 1. The standard InChI is InChI=1S/C16H14Cl2N2O6S/c1-25-14-3-2-12(27(19,23)24)7-13(14)16(22)26-8-15(21)20-11-5-9(17)4-10(18)6-11/h2-7H,8H2,1H3,(H,20,21)(H2,19,23,24). The number of sulfonamides is 1. The van der Waals surface area contributed by atoms with Gasteiger partial charge in [0.15, 0.2) is 6.61 Å². The molecule has 0 saturated carbocycles. The second-order valence-corrected chi connectivity index (χ2v) is 7.62. The van der Waals surface area contributed by atoms with Gasteiger partial charge in [0, 0.05) is 15.7 Å². The molecule has 0 fully saturated rings. The van der Waals surface area contributed by atoms with Gasteiger partial charge in [-0.2, -0.15) is 0 Å². The highest BCUT2D eigenvalue weighted by Crippen LogP contribution is 2.24. The van der Waals surface area contributed by atoms with E-state index in [-0.39, 0.29) is 16.2 Å². The van der Waals surface area contributed by atoms with Crippen LogP contribution in [0.25, 0.3) is 0 Å². The molecule has 0 aromatic heterocycles. The van der Waals surface area contributed by atoms with Crippen LogP contribution in [0.4, 0.5) is 5.69 Å². The third kappa shape index (κ3) is 5.83. The second-order valence-electron chi connectivity index (χ2n) is 5.19. The molecule has 0 unspecified atom stereocenters. The number of nitrogens with one attached hydrogen (secondary N) is 1. The van der Waals surface area contributed by atoms with Crippen molar-refractivity contribution in [2.24, 2.45) is 5.14 Å². The lowest BCUT2D eigenvalue weighted by molar-refractivity contribution is -0.119. The lowest BCUT2D eigenvalue weighted by atomic mass is 10.2. The smallest absolute Gasteiger partial charge is 0.342 e. The number of ether oxygens (including phenoxy) is 2. The molecule has 8 nitrogen and oxygen atoms in total. The van der Waals surface area contributed by atoms with Gasteiger partial charge in [0.1, 0.15) is 11.3 Å². The summed E-state index contributed by atoms with van der Waals surface area (Å²) >= 11 is 11.7. The Morgan fingerprint density at radius 1 is 1.11 bits per heavy atom. The minimum Gasteiger partial charge on any atom is -0.496 e. The molecule has 144 valence electrons. The Kier molecular flexibility index (Phi) is 6.66. The van der Waals surface area contributed by atoms with Crippen molar-refractivity contribution in [3.8, 4) is 5.75 Å². The fourth-order valence-corrected chi connectivity index (χ4v) is 3.12. The molecule has 0 aliphatic carbocycles. The molecule has 11 heteroatoms. The minimum absolute atomic E-state index is 0.0643. The number of rotatable bonds is 6. The van der Waals surface area contributed by atoms with Gasteiger partial charge >= 0.3 is 5.97 Å². The molecule has 0 atom stereocenters. The first-order valence-corrected chi connectivity index (χ1v) is 9.54. The average molecular weight is 433 g/mol. The lowest BCUT2D eigenvalue weighted by Gasteiger charge is -2.10. The molecular weight excluding hydrogens is 419 g/mol. The molecule has 0 aliphatic heterocycles. The summed E-state index contributed by atoms with van der Waals surface area (Å²) < 4.78 is 32.8. The Hall–Kier alpha value is -2.33. The number of benzene rings is 2. The Bertz CT molecular complexity index is 974. The van der Waals surface area contributed by atoms with Crippen molar-refractivity contribution >= 4 is 50.8 Å². The molecule has 27 heavy (non-hydrogen) atoms. The van der Waals surface area contributed by atoms with E-state index < -0.39 is 28.5 Å². The number of carbonyl (C=O) groups is 2. The van der Waals surface area contributed by atoms with Gasteiger partial charge in [-0.1, -0.05) is 23.2 Å². The van der Waals surface area contributed by atoms with Gasteiger partial charge in [0.2, 0.25) is 10.0 Å². The molecular formula is C16H14Cl2N2O6S. The van der Waals surface area contributed by atoms with Gasteiger partial charge in [-0.05, 0) is 36.4 Å². The summed E-state index contributed by atoms with van der Waals surface area (Å²) in [6.07, 6.45) is 0. The summed E-state index contributed by atoms with van der Waals surface area (Å²) in [7, 11) is -2.74. The predicted molar refractivity (Wildman–Crippen MR) is 99.7 cm³/mol. The summed E-state index contributed by atoms with van der Waals surface area (Å²) in [4.78, 5) is 23.8. The normalized spacial score (nSPS) is 11.0. The van der Waals surface area contributed by atoms with E-state index in [0.29, 0.717) is 15.7 Å². The van der Waals surface area contributed by atoms with Crippen LogP contribution in [0.5, 0.6) is 5.75 Å². The van der Waals surface area contributed by atoms with Crippen molar-refractivity contribution in [1.82, 2.24) is 0 Å². The zero-order valence-electron chi connectivity index (χ0n) is 13.9.